The van der Waals surface area contributed by atoms with Gasteiger partial charge in [-0.3, -0.25) is 9.69 Å². The highest BCUT2D eigenvalue weighted by atomic mass is 16.5. The van der Waals surface area contributed by atoms with E-state index in [0.29, 0.717) is 24.0 Å². The Balaban J connectivity index is 1.77. The van der Waals surface area contributed by atoms with Gasteiger partial charge in [-0.15, -0.1) is 0 Å². The number of amides is 1. The lowest BCUT2D eigenvalue weighted by Gasteiger charge is -2.34. The minimum Gasteiger partial charge on any atom is -0.493 e. The number of rotatable bonds is 9. The standard InChI is InChI=1S/C21H35N3O3/c1-16(24(3)15-18-7-6-12-23(2)14-18)21(25)22-11-10-17-8-9-19(26-4)20(13-17)27-5/h8-9,13,16,18H,6-7,10-12,14-15H2,1-5H3,(H,22,25). The molecule has 6 nitrogen and oxygen atoms in total. The lowest BCUT2D eigenvalue weighted by atomic mass is 9.97. The molecule has 1 aliphatic rings. The van der Waals surface area contributed by atoms with E-state index in [2.05, 4.69) is 22.2 Å². The number of likely N-dealkylation sites (N-methyl/N-ethyl adjacent to an activating group) is 1. The number of methoxy groups -OCH3 is 2. The first-order chi connectivity index (χ1) is 12.9. The van der Waals surface area contributed by atoms with Crippen molar-refractivity contribution in [1.82, 2.24) is 15.1 Å². The number of carbonyl (C=O) groups excluding carboxylic acids is 1. The van der Waals surface area contributed by atoms with Crippen LogP contribution in [0, 0.1) is 5.92 Å². The van der Waals surface area contributed by atoms with Crippen molar-refractivity contribution >= 4 is 5.91 Å². The van der Waals surface area contributed by atoms with Gasteiger partial charge in [0.15, 0.2) is 11.5 Å². The predicted octanol–water partition coefficient (Wildman–Crippen LogP) is 2.02. The molecule has 1 saturated heterocycles. The summed E-state index contributed by atoms with van der Waals surface area (Å²) in [4.78, 5) is 17.1. The molecule has 2 rings (SSSR count). The summed E-state index contributed by atoms with van der Waals surface area (Å²) >= 11 is 0. The minimum absolute atomic E-state index is 0.0853. The van der Waals surface area contributed by atoms with Crippen molar-refractivity contribution in [2.45, 2.75) is 32.2 Å². The molecular formula is C21H35N3O3. The van der Waals surface area contributed by atoms with Crippen LogP contribution in [0.1, 0.15) is 25.3 Å². The van der Waals surface area contributed by atoms with E-state index in [4.69, 9.17) is 9.47 Å². The van der Waals surface area contributed by atoms with Gasteiger partial charge in [-0.2, -0.15) is 0 Å². The highest BCUT2D eigenvalue weighted by Crippen LogP contribution is 2.27. The Bertz CT molecular complexity index is 608. The topological polar surface area (TPSA) is 54.0 Å². The van der Waals surface area contributed by atoms with E-state index >= 15 is 0 Å². The average Bonchev–Trinajstić information content (AvgIpc) is 2.67. The smallest absolute Gasteiger partial charge is 0.237 e. The maximum absolute atomic E-state index is 12.5. The number of carbonyl (C=O) groups is 1. The van der Waals surface area contributed by atoms with E-state index in [1.54, 1.807) is 14.2 Å². The molecule has 0 aliphatic carbocycles. The summed E-state index contributed by atoms with van der Waals surface area (Å²) in [6, 6.07) is 5.73. The monoisotopic (exact) mass is 377 g/mol. The van der Waals surface area contributed by atoms with E-state index in [1.807, 2.05) is 32.2 Å². The molecule has 1 aliphatic heterocycles. The van der Waals surface area contributed by atoms with Crippen LogP contribution in [-0.2, 0) is 11.2 Å². The Kier molecular flexibility index (Phi) is 8.38. The van der Waals surface area contributed by atoms with Gasteiger partial charge in [-0.05, 0) is 70.4 Å². The molecule has 2 atom stereocenters. The third-order valence-electron chi connectivity index (χ3n) is 5.47. The molecule has 27 heavy (non-hydrogen) atoms. The quantitative estimate of drug-likeness (QED) is 0.714. The second kappa shape index (κ2) is 10.5. The molecule has 0 aromatic heterocycles. The van der Waals surface area contributed by atoms with Crippen molar-refractivity contribution in [2.75, 3.05) is 54.5 Å². The number of hydrogen-bond acceptors (Lipinski definition) is 5. The summed E-state index contributed by atoms with van der Waals surface area (Å²) < 4.78 is 10.6. The molecule has 1 aromatic carbocycles. The van der Waals surface area contributed by atoms with Gasteiger partial charge in [-0.25, -0.2) is 0 Å². The van der Waals surface area contributed by atoms with Crippen molar-refractivity contribution in [3.05, 3.63) is 23.8 Å². The molecule has 6 heteroatoms. The van der Waals surface area contributed by atoms with Crippen LogP contribution < -0.4 is 14.8 Å². The number of nitrogens with one attached hydrogen (secondary N) is 1. The highest BCUT2D eigenvalue weighted by molar-refractivity contribution is 5.81. The molecule has 0 bridgehead atoms. The normalized spacial score (nSPS) is 19.0. The molecule has 1 heterocycles. The SMILES string of the molecule is COc1ccc(CCNC(=O)C(C)N(C)CC2CCCN(C)C2)cc1OC. The molecule has 0 saturated carbocycles. The summed E-state index contributed by atoms with van der Waals surface area (Å²) in [5.41, 5.74) is 1.11. The fourth-order valence-corrected chi connectivity index (χ4v) is 3.70. The van der Waals surface area contributed by atoms with Gasteiger partial charge in [0, 0.05) is 19.6 Å². The van der Waals surface area contributed by atoms with Crippen molar-refractivity contribution < 1.29 is 14.3 Å². The molecule has 0 radical (unpaired) electrons. The number of hydrogen-bond donors (Lipinski definition) is 1. The lowest BCUT2D eigenvalue weighted by Crippen LogP contribution is -2.47. The zero-order chi connectivity index (χ0) is 19.8. The first kappa shape index (κ1) is 21.5. The fourth-order valence-electron chi connectivity index (χ4n) is 3.70. The maximum atomic E-state index is 12.5. The van der Waals surface area contributed by atoms with Crippen molar-refractivity contribution in [3.63, 3.8) is 0 Å². The zero-order valence-electron chi connectivity index (χ0n) is 17.5. The van der Waals surface area contributed by atoms with E-state index in [0.717, 1.165) is 25.1 Å². The molecule has 1 fully saturated rings. The van der Waals surface area contributed by atoms with Gasteiger partial charge in [0.1, 0.15) is 0 Å². The number of nitrogens with zero attached hydrogens (tertiary/aromatic N) is 2. The Morgan fingerprint density at radius 2 is 2.07 bits per heavy atom. The summed E-state index contributed by atoms with van der Waals surface area (Å²) in [5.74, 6) is 2.17. The van der Waals surface area contributed by atoms with Gasteiger partial charge in [0.2, 0.25) is 5.91 Å². The number of benzene rings is 1. The molecule has 0 spiro atoms. The number of ether oxygens (including phenoxy) is 2. The van der Waals surface area contributed by atoms with Crippen LogP contribution in [0.3, 0.4) is 0 Å². The van der Waals surface area contributed by atoms with Gasteiger partial charge in [0.25, 0.3) is 0 Å². The minimum atomic E-state index is -0.123. The second-order valence-electron chi connectivity index (χ2n) is 7.62. The molecule has 1 N–H and O–H groups in total. The summed E-state index contributed by atoms with van der Waals surface area (Å²) in [6.07, 6.45) is 3.26. The first-order valence-electron chi connectivity index (χ1n) is 9.82. The van der Waals surface area contributed by atoms with Crippen LogP contribution in [0.25, 0.3) is 0 Å². The number of piperidine rings is 1. The third kappa shape index (κ3) is 6.40. The first-order valence-corrected chi connectivity index (χ1v) is 9.82. The third-order valence-corrected chi connectivity index (χ3v) is 5.47. The Labute approximate surface area is 163 Å². The molecular weight excluding hydrogens is 342 g/mol. The highest BCUT2D eigenvalue weighted by Gasteiger charge is 2.23. The largest absolute Gasteiger partial charge is 0.493 e. The molecule has 152 valence electrons. The predicted molar refractivity (Wildman–Crippen MR) is 109 cm³/mol. The van der Waals surface area contributed by atoms with Crippen LogP contribution in [0.15, 0.2) is 18.2 Å². The summed E-state index contributed by atoms with van der Waals surface area (Å²) in [6.45, 7) is 5.87. The van der Waals surface area contributed by atoms with Crippen molar-refractivity contribution in [1.29, 1.82) is 0 Å². The molecule has 2 unspecified atom stereocenters. The van der Waals surface area contributed by atoms with Crippen LogP contribution in [0.2, 0.25) is 0 Å². The van der Waals surface area contributed by atoms with Gasteiger partial charge >= 0.3 is 0 Å². The van der Waals surface area contributed by atoms with Crippen LogP contribution in [0.4, 0.5) is 0 Å². The zero-order valence-corrected chi connectivity index (χ0v) is 17.5. The summed E-state index contributed by atoms with van der Waals surface area (Å²) in [7, 11) is 7.48. The van der Waals surface area contributed by atoms with Gasteiger partial charge in [-0.1, -0.05) is 6.07 Å². The Morgan fingerprint density at radius 3 is 2.74 bits per heavy atom. The van der Waals surface area contributed by atoms with E-state index < -0.39 is 0 Å². The van der Waals surface area contributed by atoms with Crippen molar-refractivity contribution in [3.8, 4) is 11.5 Å². The van der Waals surface area contributed by atoms with Gasteiger partial charge in [0.05, 0.1) is 20.3 Å². The molecule has 1 amide bonds. The lowest BCUT2D eigenvalue weighted by molar-refractivity contribution is -0.125. The second-order valence-corrected chi connectivity index (χ2v) is 7.62. The molecule has 1 aromatic rings. The Morgan fingerprint density at radius 1 is 1.33 bits per heavy atom. The van der Waals surface area contributed by atoms with Gasteiger partial charge < -0.3 is 19.7 Å². The van der Waals surface area contributed by atoms with E-state index in [9.17, 15) is 4.79 Å². The van der Waals surface area contributed by atoms with Crippen molar-refractivity contribution in [2.24, 2.45) is 5.92 Å². The average molecular weight is 378 g/mol. The van der Waals surface area contributed by atoms with Crippen LogP contribution in [-0.4, -0.2) is 76.2 Å². The maximum Gasteiger partial charge on any atom is 0.237 e. The van der Waals surface area contributed by atoms with Crippen LogP contribution >= 0.6 is 0 Å². The van der Waals surface area contributed by atoms with E-state index in [1.165, 1.54) is 19.4 Å². The fraction of sp³-hybridized carbons (Fsp3) is 0.667. The number of likely N-dealkylation sites (tertiary alicyclic amines) is 1. The Hall–Kier alpha value is -1.79. The summed E-state index contributed by atoms with van der Waals surface area (Å²) in [5, 5.41) is 3.06. The van der Waals surface area contributed by atoms with Crippen LogP contribution in [0.5, 0.6) is 11.5 Å². The van der Waals surface area contributed by atoms with E-state index in [-0.39, 0.29) is 11.9 Å².